The summed E-state index contributed by atoms with van der Waals surface area (Å²) in [7, 11) is 0. The van der Waals surface area contributed by atoms with Gasteiger partial charge in [0.2, 0.25) is 5.91 Å². The Morgan fingerprint density at radius 3 is 2.77 bits per heavy atom. The highest BCUT2D eigenvalue weighted by molar-refractivity contribution is 7.14. The second-order valence-electron chi connectivity index (χ2n) is 9.08. The van der Waals surface area contributed by atoms with Crippen LogP contribution in [-0.4, -0.2) is 15.5 Å². The standard InChI is InChI=1S/C25H29N3OS/c1-16-10-22(17(2)28(16)14-18-6-4-3-5-7-18)23-15-30-25(26-23)27-24(29)13-21-12-19-8-9-20(21)11-19/h3-7,10,15,19-21H,8-9,11-14H2,1-2H3,(H,26,27,29)/t19-,20+,21+/m0/s1. The first kappa shape index (κ1) is 19.6. The molecule has 2 aliphatic carbocycles. The van der Waals surface area contributed by atoms with E-state index in [2.05, 4.69) is 59.4 Å². The summed E-state index contributed by atoms with van der Waals surface area (Å²) in [6.07, 6.45) is 5.94. The normalized spacial score (nSPS) is 22.5. The molecule has 5 heteroatoms. The molecule has 2 aliphatic rings. The number of carbonyl (C=O) groups is 1. The topological polar surface area (TPSA) is 46.9 Å². The fourth-order valence-electron chi connectivity index (χ4n) is 5.56. The first-order valence-electron chi connectivity index (χ1n) is 11.0. The molecule has 2 heterocycles. The first-order valence-corrected chi connectivity index (χ1v) is 11.9. The van der Waals surface area contributed by atoms with Crippen molar-refractivity contribution in [3.8, 4) is 11.3 Å². The van der Waals surface area contributed by atoms with Crippen molar-refractivity contribution < 1.29 is 4.79 Å². The number of aromatic nitrogens is 2. The number of amides is 1. The van der Waals surface area contributed by atoms with Gasteiger partial charge in [0.25, 0.3) is 0 Å². The summed E-state index contributed by atoms with van der Waals surface area (Å²) in [5, 5.41) is 5.83. The summed E-state index contributed by atoms with van der Waals surface area (Å²) in [4.78, 5) is 17.3. The Morgan fingerprint density at radius 1 is 1.20 bits per heavy atom. The van der Waals surface area contributed by atoms with Gasteiger partial charge in [-0.1, -0.05) is 36.8 Å². The third-order valence-corrected chi connectivity index (χ3v) is 7.87. The van der Waals surface area contributed by atoms with Crippen molar-refractivity contribution >= 4 is 22.4 Å². The van der Waals surface area contributed by atoms with Crippen molar-refractivity contribution in [1.29, 1.82) is 0 Å². The van der Waals surface area contributed by atoms with Crippen LogP contribution in [0.5, 0.6) is 0 Å². The number of benzene rings is 1. The van der Waals surface area contributed by atoms with Gasteiger partial charge in [-0.15, -0.1) is 11.3 Å². The maximum Gasteiger partial charge on any atom is 0.226 e. The van der Waals surface area contributed by atoms with Crippen LogP contribution in [0.25, 0.3) is 11.3 Å². The molecular formula is C25H29N3OS. The van der Waals surface area contributed by atoms with Crippen molar-refractivity contribution in [3.05, 3.63) is 58.7 Å². The maximum atomic E-state index is 12.6. The van der Waals surface area contributed by atoms with Gasteiger partial charge in [0.1, 0.15) is 0 Å². The summed E-state index contributed by atoms with van der Waals surface area (Å²) in [5.74, 6) is 2.37. The minimum absolute atomic E-state index is 0.128. The van der Waals surface area contributed by atoms with Gasteiger partial charge in [0, 0.05) is 35.3 Å². The van der Waals surface area contributed by atoms with Crippen molar-refractivity contribution in [2.45, 2.75) is 52.5 Å². The quantitative estimate of drug-likeness (QED) is 0.529. The lowest BCUT2D eigenvalue weighted by molar-refractivity contribution is -0.117. The number of thiazole rings is 1. The van der Waals surface area contributed by atoms with Crippen molar-refractivity contribution in [1.82, 2.24) is 9.55 Å². The molecule has 2 fully saturated rings. The van der Waals surface area contributed by atoms with Gasteiger partial charge < -0.3 is 9.88 Å². The molecule has 0 aliphatic heterocycles. The van der Waals surface area contributed by atoms with E-state index < -0.39 is 0 Å². The minimum Gasteiger partial charge on any atom is -0.344 e. The number of aryl methyl sites for hydroxylation is 1. The van der Waals surface area contributed by atoms with Crippen LogP contribution in [0.2, 0.25) is 0 Å². The van der Waals surface area contributed by atoms with Crippen molar-refractivity contribution in [2.24, 2.45) is 17.8 Å². The monoisotopic (exact) mass is 419 g/mol. The van der Waals surface area contributed by atoms with Crippen LogP contribution in [0.4, 0.5) is 5.13 Å². The van der Waals surface area contributed by atoms with Gasteiger partial charge in [0.05, 0.1) is 5.69 Å². The van der Waals surface area contributed by atoms with E-state index in [1.54, 1.807) is 0 Å². The molecule has 0 saturated heterocycles. The molecule has 3 aromatic rings. The number of anilines is 1. The SMILES string of the molecule is Cc1cc(-c2csc(NC(=O)C[C@H]3C[C@H]4CC[C@@H]3C4)n2)c(C)n1Cc1ccccc1. The predicted molar refractivity (Wildman–Crippen MR) is 123 cm³/mol. The van der Waals surface area contributed by atoms with Crippen LogP contribution < -0.4 is 5.32 Å². The number of hydrogen-bond donors (Lipinski definition) is 1. The molecule has 1 N–H and O–H groups in total. The molecule has 2 aromatic heterocycles. The number of fused-ring (bicyclic) bond motifs is 2. The first-order chi connectivity index (χ1) is 14.6. The van der Waals surface area contributed by atoms with E-state index in [-0.39, 0.29) is 5.91 Å². The van der Waals surface area contributed by atoms with Gasteiger partial charge >= 0.3 is 0 Å². The molecule has 2 saturated carbocycles. The third kappa shape index (κ3) is 3.83. The van der Waals surface area contributed by atoms with Gasteiger partial charge in [-0.3, -0.25) is 4.79 Å². The molecule has 156 valence electrons. The number of hydrogen-bond acceptors (Lipinski definition) is 3. The minimum atomic E-state index is 0.128. The Hall–Kier alpha value is -2.40. The summed E-state index contributed by atoms with van der Waals surface area (Å²) >= 11 is 1.52. The molecule has 0 unspecified atom stereocenters. The van der Waals surface area contributed by atoms with E-state index in [9.17, 15) is 4.79 Å². The Kier molecular flexibility index (Phi) is 5.23. The van der Waals surface area contributed by atoms with Crippen LogP contribution in [0, 0.1) is 31.6 Å². The Morgan fingerprint density at radius 2 is 2.03 bits per heavy atom. The molecule has 2 bridgehead atoms. The lowest BCUT2D eigenvalue weighted by Crippen LogP contribution is -2.20. The van der Waals surface area contributed by atoms with Crippen molar-refractivity contribution in [3.63, 3.8) is 0 Å². The van der Waals surface area contributed by atoms with Gasteiger partial charge in [-0.25, -0.2) is 4.98 Å². The largest absolute Gasteiger partial charge is 0.344 e. The average molecular weight is 420 g/mol. The van der Waals surface area contributed by atoms with Gasteiger partial charge in [-0.05, 0) is 62.5 Å². The zero-order chi connectivity index (χ0) is 20.7. The van der Waals surface area contributed by atoms with E-state index in [4.69, 9.17) is 4.98 Å². The Balaban J connectivity index is 1.27. The molecule has 0 radical (unpaired) electrons. The molecule has 4 nitrogen and oxygen atoms in total. The van der Waals surface area contributed by atoms with Crippen LogP contribution >= 0.6 is 11.3 Å². The van der Waals surface area contributed by atoms with E-state index in [0.717, 1.165) is 29.6 Å². The summed E-state index contributed by atoms with van der Waals surface area (Å²) in [6.45, 7) is 5.15. The smallest absolute Gasteiger partial charge is 0.226 e. The molecule has 3 atom stereocenters. The van der Waals surface area contributed by atoms with Gasteiger partial charge in [-0.2, -0.15) is 0 Å². The number of rotatable bonds is 6. The molecule has 0 spiro atoms. The lowest BCUT2D eigenvalue weighted by atomic mass is 9.86. The Bertz CT molecular complexity index is 1050. The summed E-state index contributed by atoms with van der Waals surface area (Å²) in [5.41, 5.74) is 5.82. The molecule has 1 amide bonds. The number of carbonyl (C=O) groups excluding carboxylic acids is 1. The van der Waals surface area contributed by atoms with E-state index in [1.807, 2.05) is 6.07 Å². The second-order valence-corrected chi connectivity index (χ2v) is 9.94. The highest BCUT2D eigenvalue weighted by Gasteiger charge is 2.40. The second kappa shape index (κ2) is 8.03. The molecule has 5 rings (SSSR count). The lowest BCUT2D eigenvalue weighted by Gasteiger charge is -2.20. The van der Waals surface area contributed by atoms with E-state index in [1.165, 1.54) is 54.0 Å². The highest BCUT2D eigenvalue weighted by atomic mass is 32.1. The maximum absolute atomic E-state index is 12.6. The zero-order valence-corrected chi connectivity index (χ0v) is 18.5. The van der Waals surface area contributed by atoms with Crippen LogP contribution in [0.1, 0.15) is 49.1 Å². The average Bonchev–Trinajstić information content (AvgIpc) is 3.51. The summed E-state index contributed by atoms with van der Waals surface area (Å²) in [6, 6.07) is 12.7. The fourth-order valence-corrected chi connectivity index (χ4v) is 6.29. The van der Waals surface area contributed by atoms with Crippen LogP contribution in [0.3, 0.4) is 0 Å². The predicted octanol–water partition coefficient (Wildman–Crippen LogP) is 6.04. The van der Waals surface area contributed by atoms with Crippen LogP contribution in [0.15, 0.2) is 41.8 Å². The number of nitrogens with one attached hydrogen (secondary N) is 1. The zero-order valence-electron chi connectivity index (χ0n) is 17.7. The summed E-state index contributed by atoms with van der Waals surface area (Å²) < 4.78 is 2.33. The Labute approximate surface area is 182 Å². The van der Waals surface area contributed by atoms with E-state index >= 15 is 0 Å². The molecule has 30 heavy (non-hydrogen) atoms. The van der Waals surface area contributed by atoms with E-state index in [0.29, 0.717) is 17.5 Å². The van der Waals surface area contributed by atoms with Crippen molar-refractivity contribution in [2.75, 3.05) is 5.32 Å². The fraction of sp³-hybridized carbons (Fsp3) is 0.440. The number of nitrogens with zero attached hydrogens (tertiary/aromatic N) is 2. The molecular weight excluding hydrogens is 390 g/mol. The third-order valence-electron chi connectivity index (χ3n) is 7.12. The molecule has 1 aromatic carbocycles. The van der Waals surface area contributed by atoms with Crippen LogP contribution in [-0.2, 0) is 11.3 Å². The highest BCUT2D eigenvalue weighted by Crippen LogP contribution is 2.49. The van der Waals surface area contributed by atoms with Gasteiger partial charge in [0.15, 0.2) is 5.13 Å².